The fraction of sp³-hybridized carbons (Fsp3) is 0.400. The Morgan fingerprint density at radius 2 is 2.00 bits per heavy atom. The van der Waals surface area contributed by atoms with Crippen LogP contribution in [-0.2, 0) is 0 Å². The number of carbonyl (C=O) groups excluding carboxylic acids is 1. The van der Waals surface area contributed by atoms with Gasteiger partial charge in [0.1, 0.15) is 0 Å². The van der Waals surface area contributed by atoms with Gasteiger partial charge in [-0.2, -0.15) is 0 Å². The van der Waals surface area contributed by atoms with Crippen LogP contribution in [0, 0.1) is 13.8 Å². The standard InChI is InChI=1S/C15H20N2O/c1-5-13(16-4)15(18)12-8-17-14-7-10(3)9(2)6-11(12)14/h6-8,13,16-17H,5H2,1-4H3. The molecule has 0 amide bonds. The number of likely N-dealkylation sites (N-methyl/N-ethyl adjacent to an activating group) is 1. The lowest BCUT2D eigenvalue weighted by atomic mass is 9.99. The molecule has 0 saturated heterocycles. The second-order valence-electron chi connectivity index (χ2n) is 4.80. The molecule has 3 nitrogen and oxygen atoms in total. The molecule has 2 aromatic rings. The zero-order chi connectivity index (χ0) is 13.3. The van der Waals surface area contributed by atoms with Gasteiger partial charge in [0.2, 0.25) is 0 Å². The van der Waals surface area contributed by atoms with Gasteiger partial charge in [-0.1, -0.05) is 6.92 Å². The van der Waals surface area contributed by atoms with Crippen molar-refractivity contribution in [3.8, 4) is 0 Å². The van der Waals surface area contributed by atoms with Gasteiger partial charge in [-0.15, -0.1) is 0 Å². The maximum atomic E-state index is 12.4. The fourth-order valence-electron chi connectivity index (χ4n) is 2.30. The molecule has 0 bridgehead atoms. The zero-order valence-electron chi connectivity index (χ0n) is 11.4. The molecule has 0 spiro atoms. The van der Waals surface area contributed by atoms with Crippen molar-refractivity contribution in [2.45, 2.75) is 33.2 Å². The molecule has 96 valence electrons. The molecule has 0 aliphatic rings. The van der Waals surface area contributed by atoms with E-state index < -0.39 is 0 Å². The van der Waals surface area contributed by atoms with Gasteiger partial charge < -0.3 is 10.3 Å². The fourth-order valence-corrected chi connectivity index (χ4v) is 2.30. The number of aryl methyl sites for hydroxylation is 2. The molecule has 0 aliphatic heterocycles. The number of aromatic nitrogens is 1. The second kappa shape index (κ2) is 4.94. The normalized spacial score (nSPS) is 12.9. The lowest BCUT2D eigenvalue weighted by Gasteiger charge is -2.11. The number of aromatic amines is 1. The maximum absolute atomic E-state index is 12.4. The molecular weight excluding hydrogens is 224 g/mol. The van der Waals surface area contributed by atoms with Crippen molar-refractivity contribution in [1.82, 2.24) is 10.3 Å². The van der Waals surface area contributed by atoms with Crippen LogP contribution in [0.5, 0.6) is 0 Å². The van der Waals surface area contributed by atoms with Crippen LogP contribution in [-0.4, -0.2) is 23.9 Å². The van der Waals surface area contributed by atoms with E-state index in [9.17, 15) is 4.79 Å². The molecule has 0 aliphatic carbocycles. The van der Waals surface area contributed by atoms with Crippen LogP contribution in [0.25, 0.3) is 10.9 Å². The van der Waals surface area contributed by atoms with Gasteiger partial charge in [0.25, 0.3) is 0 Å². The Kier molecular flexibility index (Phi) is 3.53. The number of carbonyl (C=O) groups is 1. The maximum Gasteiger partial charge on any atom is 0.181 e. The quantitative estimate of drug-likeness (QED) is 0.812. The third-order valence-corrected chi connectivity index (χ3v) is 3.63. The summed E-state index contributed by atoms with van der Waals surface area (Å²) >= 11 is 0. The first-order valence-corrected chi connectivity index (χ1v) is 6.38. The molecule has 0 radical (unpaired) electrons. The summed E-state index contributed by atoms with van der Waals surface area (Å²) in [6.07, 6.45) is 2.62. The number of hydrogen-bond donors (Lipinski definition) is 2. The van der Waals surface area contributed by atoms with Gasteiger partial charge in [-0.25, -0.2) is 0 Å². The zero-order valence-corrected chi connectivity index (χ0v) is 11.4. The number of fused-ring (bicyclic) bond motifs is 1. The van der Waals surface area contributed by atoms with E-state index in [-0.39, 0.29) is 11.8 Å². The summed E-state index contributed by atoms with van der Waals surface area (Å²) in [7, 11) is 1.83. The summed E-state index contributed by atoms with van der Waals surface area (Å²) in [6.45, 7) is 6.17. The number of ketones is 1. The van der Waals surface area contributed by atoms with Crippen LogP contribution in [0.2, 0.25) is 0 Å². The van der Waals surface area contributed by atoms with Crippen LogP contribution < -0.4 is 5.32 Å². The second-order valence-corrected chi connectivity index (χ2v) is 4.80. The van der Waals surface area contributed by atoms with Crippen LogP contribution in [0.15, 0.2) is 18.3 Å². The molecule has 18 heavy (non-hydrogen) atoms. The van der Waals surface area contributed by atoms with Crippen molar-refractivity contribution in [1.29, 1.82) is 0 Å². The topological polar surface area (TPSA) is 44.9 Å². The van der Waals surface area contributed by atoms with Gasteiger partial charge in [-0.05, 0) is 50.6 Å². The third-order valence-electron chi connectivity index (χ3n) is 3.63. The number of nitrogens with one attached hydrogen (secondary N) is 2. The summed E-state index contributed by atoms with van der Waals surface area (Å²) in [5, 5.41) is 4.09. The number of rotatable bonds is 4. The summed E-state index contributed by atoms with van der Waals surface area (Å²) < 4.78 is 0. The van der Waals surface area contributed by atoms with Crippen molar-refractivity contribution >= 4 is 16.7 Å². The lowest BCUT2D eigenvalue weighted by Crippen LogP contribution is -2.33. The van der Waals surface area contributed by atoms with E-state index >= 15 is 0 Å². The van der Waals surface area contributed by atoms with Crippen molar-refractivity contribution in [3.63, 3.8) is 0 Å². The van der Waals surface area contributed by atoms with Crippen LogP contribution in [0.3, 0.4) is 0 Å². The molecule has 1 aromatic heterocycles. The minimum atomic E-state index is -0.106. The van der Waals surface area contributed by atoms with E-state index in [0.717, 1.165) is 22.9 Å². The first kappa shape index (κ1) is 12.8. The highest BCUT2D eigenvalue weighted by molar-refractivity contribution is 6.10. The average Bonchev–Trinajstić information content (AvgIpc) is 2.74. The van der Waals surface area contributed by atoms with Gasteiger partial charge in [0.05, 0.1) is 6.04 Å². The summed E-state index contributed by atoms with van der Waals surface area (Å²) in [4.78, 5) is 15.6. The van der Waals surface area contributed by atoms with Gasteiger partial charge in [-0.3, -0.25) is 4.79 Å². The first-order chi connectivity index (χ1) is 8.58. The number of benzene rings is 1. The van der Waals surface area contributed by atoms with Crippen LogP contribution in [0.4, 0.5) is 0 Å². The Labute approximate surface area is 108 Å². The average molecular weight is 244 g/mol. The Morgan fingerprint density at radius 1 is 1.33 bits per heavy atom. The van der Waals surface area contributed by atoms with E-state index in [2.05, 4.69) is 36.3 Å². The highest BCUT2D eigenvalue weighted by Gasteiger charge is 2.19. The highest BCUT2D eigenvalue weighted by atomic mass is 16.1. The predicted octanol–water partition coefficient (Wildman–Crippen LogP) is 2.97. The molecule has 0 fully saturated rings. The number of hydrogen-bond acceptors (Lipinski definition) is 2. The molecular formula is C15H20N2O. The number of Topliss-reactive ketones (excluding diaryl/α,β-unsaturated/α-hetero) is 1. The van der Waals surface area contributed by atoms with Crippen molar-refractivity contribution in [2.24, 2.45) is 0 Å². The molecule has 2 N–H and O–H groups in total. The monoisotopic (exact) mass is 244 g/mol. The van der Waals surface area contributed by atoms with E-state index in [1.807, 2.05) is 20.2 Å². The Hall–Kier alpha value is -1.61. The smallest absolute Gasteiger partial charge is 0.181 e. The van der Waals surface area contributed by atoms with Crippen LogP contribution >= 0.6 is 0 Å². The van der Waals surface area contributed by atoms with Gasteiger partial charge >= 0.3 is 0 Å². The SMILES string of the molecule is CCC(NC)C(=O)c1c[nH]c2cc(C)c(C)cc12. The van der Waals surface area contributed by atoms with Crippen molar-refractivity contribution in [3.05, 3.63) is 35.0 Å². The van der Waals surface area contributed by atoms with E-state index in [0.29, 0.717) is 0 Å². The lowest BCUT2D eigenvalue weighted by molar-refractivity contribution is 0.0946. The van der Waals surface area contributed by atoms with E-state index in [4.69, 9.17) is 0 Å². The van der Waals surface area contributed by atoms with Gasteiger partial charge in [0, 0.05) is 22.7 Å². The molecule has 0 saturated carbocycles. The molecule has 1 aromatic carbocycles. The van der Waals surface area contributed by atoms with E-state index in [1.54, 1.807) is 0 Å². The highest BCUT2D eigenvalue weighted by Crippen LogP contribution is 2.23. The van der Waals surface area contributed by atoms with Crippen molar-refractivity contribution < 1.29 is 4.79 Å². The van der Waals surface area contributed by atoms with Gasteiger partial charge in [0.15, 0.2) is 5.78 Å². The predicted molar refractivity (Wildman–Crippen MR) is 75.2 cm³/mol. The Balaban J connectivity index is 2.52. The number of H-pyrrole nitrogens is 1. The molecule has 1 heterocycles. The van der Waals surface area contributed by atoms with Crippen LogP contribution in [0.1, 0.15) is 34.8 Å². The first-order valence-electron chi connectivity index (χ1n) is 6.38. The Bertz CT molecular complexity index is 579. The summed E-state index contributed by atoms with van der Waals surface area (Å²) in [5.74, 6) is 0.162. The van der Waals surface area contributed by atoms with E-state index in [1.165, 1.54) is 11.1 Å². The minimum absolute atomic E-state index is 0.106. The minimum Gasteiger partial charge on any atom is -0.360 e. The molecule has 3 heteroatoms. The molecule has 2 rings (SSSR count). The summed E-state index contributed by atoms with van der Waals surface area (Å²) in [6, 6.07) is 4.09. The third kappa shape index (κ3) is 2.06. The van der Waals surface area contributed by atoms with Crippen molar-refractivity contribution in [2.75, 3.05) is 7.05 Å². The summed E-state index contributed by atoms with van der Waals surface area (Å²) in [5.41, 5.74) is 4.28. The Morgan fingerprint density at radius 3 is 2.61 bits per heavy atom. The molecule has 1 atom stereocenters. The largest absolute Gasteiger partial charge is 0.360 e. The molecule has 1 unspecified atom stereocenters.